The summed E-state index contributed by atoms with van der Waals surface area (Å²) in [6.45, 7) is 5.55. The second-order valence-corrected chi connectivity index (χ2v) is 5.17. The number of benzene rings is 2. The number of hydrogen-bond acceptors (Lipinski definition) is 4. The van der Waals surface area contributed by atoms with Crippen molar-refractivity contribution in [3.8, 4) is 11.5 Å². The summed E-state index contributed by atoms with van der Waals surface area (Å²) < 4.78 is 11.1. The average Bonchev–Trinajstić information content (AvgIpc) is 2.59. The molecule has 0 spiro atoms. The molecule has 2 aromatic carbocycles. The van der Waals surface area contributed by atoms with Crippen molar-refractivity contribution in [1.82, 2.24) is 5.32 Å². The molecule has 0 aliphatic rings. The molecule has 0 bridgehead atoms. The van der Waals surface area contributed by atoms with E-state index in [0.29, 0.717) is 36.8 Å². The summed E-state index contributed by atoms with van der Waals surface area (Å²) >= 11 is 0. The standard InChI is InChI=1S/C19H24N2O3/c1-4-23-17-11-10-14(12-18(17)24-5-2)19(22)21-16-9-7-6-8-15(16)13-20-3/h6-12,20H,4-5,13H2,1-3H3,(H,21,22). The van der Waals surface area contributed by atoms with Gasteiger partial charge in [-0.1, -0.05) is 18.2 Å². The minimum absolute atomic E-state index is 0.178. The van der Waals surface area contributed by atoms with Crippen LogP contribution >= 0.6 is 0 Å². The monoisotopic (exact) mass is 328 g/mol. The summed E-state index contributed by atoms with van der Waals surface area (Å²) in [6.07, 6.45) is 0. The van der Waals surface area contributed by atoms with Crippen LogP contribution in [0.3, 0.4) is 0 Å². The second kappa shape index (κ2) is 8.93. The maximum Gasteiger partial charge on any atom is 0.255 e. The zero-order valence-electron chi connectivity index (χ0n) is 14.4. The number of ether oxygens (including phenoxy) is 2. The van der Waals surface area contributed by atoms with E-state index in [1.54, 1.807) is 18.2 Å². The largest absolute Gasteiger partial charge is 0.490 e. The summed E-state index contributed by atoms with van der Waals surface area (Å²) in [7, 11) is 1.87. The van der Waals surface area contributed by atoms with E-state index in [1.807, 2.05) is 45.2 Å². The lowest BCUT2D eigenvalue weighted by atomic mass is 10.1. The SMILES string of the molecule is CCOc1ccc(C(=O)Nc2ccccc2CNC)cc1OCC. The molecule has 0 atom stereocenters. The average molecular weight is 328 g/mol. The van der Waals surface area contributed by atoms with E-state index in [1.165, 1.54) is 0 Å². The molecular formula is C19H24N2O3. The van der Waals surface area contributed by atoms with Crippen LogP contribution in [0.5, 0.6) is 11.5 Å². The molecule has 0 unspecified atom stereocenters. The van der Waals surface area contributed by atoms with Gasteiger partial charge in [0.2, 0.25) is 0 Å². The fourth-order valence-corrected chi connectivity index (χ4v) is 2.37. The third-order valence-corrected chi connectivity index (χ3v) is 3.44. The summed E-state index contributed by atoms with van der Waals surface area (Å²) in [5, 5.41) is 6.05. The minimum Gasteiger partial charge on any atom is -0.490 e. The first-order valence-electron chi connectivity index (χ1n) is 8.13. The normalized spacial score (nSPS) is 10.3. The van der Waals surface area contributed by atoms with E-state index in [9.17, 15) is 4.79 Å². The molecule has 2 N–H and O–H groups in total. The molecule has 2 aromatic rings. The topological polar surface area (TPSA) is 59.6 Å². The van der Waals surface area contributed by atoms with Gasteiger partial charge in [0.25, 0.3) is 5.91 Å². The molecule has 128 valence electrons. The van der Waals surface area contributed by atoms with E-state index < -0.39 is 0 Å². The van der Waals surface area contributed by atoms with Crippen molar-refractivity contribution in [2.45, 2.75) is 20.4 Å². The van der Waals surface area contributed by atoms with Crippen molar-refractivity contribution in [2.24, 2.45) is 0 Å². The number of carbonyl (C=O) groups excluding carboxylic acids is 1. The van der Waals surface area contributed by atoms with Crippen LogP contribution in [0, 0.1) is 0 Å². The lowest BCUT2D eigenvalue weighted by Gasteiger charge is -2.14. The van der Waals surface area contributed by atoms with Crippen LogP contribution in [0.1, 0.15) is 29.8 Å². The fourth-order valence-electron chi connectivity index (χ4n) is 2.37. The zero-order chi connectivity index (χ0) is 17.4. The lowest BCUT2D eigenvalue weighted by molar-refractivity contribution is 0.102. The van der Waals surface area contributed by atoms with Gasteiger partial charge in [-0.25, -0.2) is 0 Å². The van der Waals surface area contributed by atoms with Crippen LogP contribution in [0.25, 0.3) is 0 Å². The molecule has 0 saturated heterocycles. The Morgan fingerprint density at radius 2 is 1.71 bits per heavy atom. The first-order chi connectivity index (χ1) is 11.7. The van der Waals surface area contributed by atoms with Crippen LogP contribution in [-0.2, 0) is 6.54 Å². The Kier molecular flexibility index (Phi) is 6.63. The van der Waals surface area contributed by atoms with Crippen molar-refractivity contribution in [3.05, 3.63) is 53.6 Å². The van der Waals surface area contributed by atoms with E-state index >= 15 is 0 Å². The van der Waals surface area contributed by atoms with Gasteiger partial charge in [-0.15, -0.1) is 0 Å². The molecule has 0 heterocycles. The summed E-state index contributed by atoms with van der Waals surface area (Å²) in [6, 6.07) is 12.9. The molecule has 24 heavy (non-hydrogen) atoms. The van der Waals surface area contributed by atoms with Crippen molar-refractivity contribution >= 4 is 11.6 Å². The van der Waals surface area contributed by atoms with Gasteiger partial charge in [-0.05, 0) is 50.7 Å². The molecular weight excluding hydrogens is 304 g/mol. The predicted molar refractivity (Wildman–Crippen MR) is 95.9 cm³/mol. The number of amides is 1. The number of anilines is 1. The van der Waals surface area contributed by atoms with Gasteiger partial charge < -0.3 is 20.1 Å². The lowest BCUT2D eigenvalue weighted by Crippen LogP contribution is -2.15. The van der Waals surface area contributed by atoms with Crippen molar-refractivity contribution in [3.63, 3.8) is 0 Å². The smallest absolute Gasteiger partial charge is 0.255 e. The van der Waals surface area contributed by atoms with Crippen LogP contribution in [-0.4, -0.2) is 26.2 Å². The molecule has 5 heteroatoms. The highest BCUT2D eigenvalue weighted by Crippen LogP contribution is 2.29. The number of nitrogens with one attached hydrogen (secondary N) is 2. The summed E-state index contributed by atoms with van der Waals surface area (Å²) in [5.41, 5.74) is 2.36. The van der Waals surface area contributed by atoms with Gasteiger partial charge in [0.1, 0.15) is 0 Å². The number of carbonyl (C=O) groups is 1. The molecule has 0 fully saturated rings. The van der Waals surface area contributed by atoms with E-state index in [-0.39, 0.29) is 5.91 Å². The van der Waals surface area contributed by atoms with Gasteiger partial charge in [-0.2, -0.15) is 0 Å². The fraction of sp³-hybridized carbons (Fsp3) is 0.316. The highest BCUT2D eigenvalue weighted by atomic mass is 16.5. The van der Waals surface area contributed by atoms with Crippen LogP contribution in [0.15, 0.2) is 42.5 Å². The van der Waals surface area contributed by atoms with Crippen LogP contribution in [0.4, 0.5) is 5.69 Å². The van der Waals surface area contributed by atoms with Crippen LogP contribution in [0.2, 0.25) is 0 Å². The third-order valence-electron chi connectivity index (χ3n) is 3.44. The van der Waals surface area contributed by atoms with Gasteiger partial charge in [0.15, 0.2) is 11.5 Å². The van der Waals surface area contributed by atoms with E-state index in [0.717, 1.165) is 11.3 Å². The highest BCUT2D eigenvalue weighted by molar-refractivity contribution is 6.05. The quantitative estimate of drug-likeness (QED) is 0.779. The Hall–Kier alpha value is -2.53. The molecule has 0 saturated carbocycles. The highest BCUT2D eigenvalue weighted by Gasteiger charge is 2.13. The zero-order valence-corrected chi connectivity index (χ0v) is 14.4. The van der Waals surface area contributed by atoms with Gasteiger partial charge in [-0.3, -0.25) is 4.79 Å². The first-order valence-corrected chi connectivity index (χ1v) is 8.13. The Balaban J connectivity index is 2.22. The minimum atomic E-state index is -0.178. The molecule has 1 amide bonds. The Bertz CT molecular complexity index is 686. The van der Waals surface area contributed by atoms with Crippen LogP contribution < -0.4 is 20.1 Å². The van der Waals surface area contributed by atoms with Crippen molar-refractivity contribution in [1.29, 1.82) is 0 Å². The van der Waals surface area contributed by atoms with Gasteiger partial charge in [0, 0.05) is 17.8 Å². The van der Waals surface area contributed by atoms with Gasteiger partial charge in [0.05, 0.1) is 13.2 Å². The first kappa shape index (κ1) is 17.8. The summed E-state index contributed by atoms with van der Waals surface area (Å²) in [4.78, 5) is 12.6. The number of rotatable bonds is 8. The molecule has 2 rings (SSSR count). The van der Waals surface area contributed by atoms with E-state index in [2.05, 4.69) is 10.6 Å². The second-order valence-electron chi connectivity index (χ2n) is 5.17. The third kappa shape index (κ3) is 4.49. The molecule has 0 radical (unpaired) electrons. The number of hydrogen-bond donors (Lipinski definition) is 2. The van der Waals surface area contributed by atoms with Crippen molar-refractivity contribution in [2.75, 3.05) is 25.6 Å². The number of para-hydroxylation sites is 1. The molecule has 0 aliphatic heterocycles. The Morgan fingerprint density at radius 3 is 2.42 bits per heavy atom. The molecule has 0 aliphatic carbocycles. The van der Waals surface area contributed by atoms with E-state index in [4.69, 9.17) is 9.47 Å². The maximum atomic E-state index is 12.6. The summed E-state index contributed by atoms with van der Waals surface area (Å²) in [5.74, 6) is 1.05. The predicted octanol–water partition coefficient (Wildman–Crippen LogP) is 3.46. The molecule has 5 nitrogen and oxygen atoms in total. The maximum absolute atomic E-state index is 12.6. The van der Waals surface area contributed by atoms with Crippen molar-refractivity contribution < 1.29 is 14.3 Å². The Morgan fingerprint density at radius 1 is 1.00 bits per heavy atom. The van der Waals surface area contributed by atoms with Gasteiger partial charge >= 0.3 is 0 Å². The molecule has 0 aromatic heterocycles. The Labute approximate surface area is 143 Å².